The Balaban J connectivity index is 1.59. The number of hydrogen-bond donors (Lipinski definition) is 1. The van der Waals surface area contributed by atoms with E-state index >= 15 is 0 Å². The lowest BCUT2D eigenvalue weighted by Gasteiger charge is -2.37. The molecule has 1 heterocycles. The van der Waals surface area contributed by atoms with Crippen LogP contribution in [-0.2, 0) is 27.8 Å². The van der Waals surface area contributed by atoms with Crippen LogP contribution < -0.4 is 5.32 Å². The summed E-state index contributed by atoms with van der Waals surface area (Å²) >= 11 is 0. The van der Waals surface area contributed by atoms with Gasteiger partial charge in [0.15, 0.2) is 0 Å². The fourth-order valence-corrected chi connectivity index (χ4v) is 4.81. The molecule has 0 aromatic heterocycles. The van der Waals surface area contributed by atoms with Crippen molar-refractivity contribution in [2.75, 3.05) is 13.2 Å². The van der Waals surface area contributed by atoms with E-state index in [0.29, 0.717) is 13.2 Å². The van der Waals surface area contributed by atoms with E-state index in [9.17, 15) is 4.79 Å². The first-order valence-electron chi connectivity index (χ1n) is 10.8. The van der Waals surface area contributed by atoms with Crippen LogP contribution in [-0.4, -0.2) is 19.1 Å². The van der Waals surface area contributed by atoms with Crippen molar-refractivity contribution in [1.82, 2.24) is 5.32 Å². The number of hydrogen-bond acceptors (Lipinski definition) is 2. The van der Waals surface area contributed by atoms with Gasteiger partial charge >= 0.3 is 0 Å². The lowest BCUT2D eigenvalue weighted by atomic mass is 9.73. The van der Waals surface area contributed by atoms with Crippen LogP contribution in [0.2, 0.25) is 0 Å². The van der Waals surface area contributed by atoms with Gasteiger partial charge in [-0.2, -0.15) is 0 Å². The summed E-state index contributed by atoms with van der Waals surface area (Å²) < 4.78 is 5.59. The van der Waals surface area contributed by atoms with E-state index in [0.717, 1.165) is 24.8 Å². The third kappa shape index (κ3) is 3.73. The van der Waals surface area contributed by atoms with Crippen LogP contribution in [0.25, 0.3) is 0 Å². The SMILES string of the molecule is CC[C@H](NC(=O)C1(c2ccccc2)CCOCC1)c1ccc2c(c1)CCCC2. The smallest absolute Gasteiger partial charge is 0.231 e. The van der Waals surface area contributed by atoms with Crippen molar-refractivity contribution in [1.29, 1.82) is 0 Å². The summed E-state index contributed by atoms with van der Waals surface area (Å²) in [5, 5.41) is 3.40. The highest BCUT2D eigenvalue weighted by atomic mass is 16.5. The summed E-state index contributed by atoms with van der Waals surface area (Å²) in [5.74, 6) is 0.145. The largest absolute Gasteiger partial charge is 0.381 e. The maximum absolute atomic E-state index is 13.6. The van der Waals surface area contributed by atoms with Crippen molar-refractivity contribution in [2.45, 2.75) is 63.3 Å². The average Bonchev–Trinajstić information content (AvgIpc) is 2.78. The Morgan fingerprint density at radius 3 is 2.46 bits per heavy atom. The van der Waals surface area contributed by atoms with Crippen molar-refractivity contribution in [3.8, 4) is 0 Å². The van der Waals surface area contributed by atoms with Gasteiger partial charge in [-0.1, -0.05) is 55.5 Å². The molecule has 2 aromatic carbocycles. The Morgan fingerprint density at radius 1 is 1.04 bits per heavy atom. The van der Waals surface area contributed by atoms with Crippen molar-refractivity contribution < 1.29 is 9.53 Å². The molecule has 1 fully saturated rings. The quantitative estimate of drug-likeness (QED) is 0.806. The molecule has 0 bridgehead atoms. The van der Waals surface area contributed by atoms with E-state index in [4.69, 9.17) is 4.74 Å². The van der Waals surface area contributed by atoms with Crippen LogP contribution in [0.3, 0.4) is 0 Å². The molecule has 1 atom stereocenters. The second-order valence-corrected chi connectivity index (χ2v) is 8.23. The van der Waals surface area contributed by atoms with Gasteiger partial charge in [0.1, 0.15) is 0 Å². The Bertz CT molecular complexity index is 809. The van der Waals surface area contributed by atoms with Gasteiger partial charge in [-0.25, -0.2) is 0 Å². The van der Waals surface area contributed by atoms with Gasteiger partial charge in [-0.3, -0.25) is 4.79 Å². The first-order chi connectivity index (χ1) is 13.7. The van der Waals surface area contributed by atoms with Gasteiger partial charge in [0, 0.05) is 13.2 Å². The molecular weight excluding hydrogens is 346 g/mol. The minimum atomic E-state index is -0.485. The Morgan fingerprint density at radius 2 is 1.75 bits per heavy atom. The average molecular weight is 378 g/mol. The summed E-state index contributed by atoms with van der Waals surface area (Å²) in [5.41, 5.74) is 4.82. The van der Waals surface area contributed by atoms with Crippen molar-refractivity contribution >= 4 is 5.91 Å². The molecule has 148 valence electrons. The fraction of sp³-hybridized carbons (Fsp3) is 0.480. The van der Waals surface area contributed by atoms with Crippen LogP contribution in [0.5, 0.6) is 0 Å². The van der Waals surface area contributed by atoms with E-state index in [-0.39, 0.29) is 11.9 Å². The zero-order valence-corrected chi connectivity index (χ0v) is 16.9. The van der Waals surface area contributed by atoms with Crippen LogP contribution in [0.4, 0.5) is 0 Å². The van der Waals surface area contributed by atoms with Crippen LogP contribution >= 0.6 is 0 Å². The lowest BCUT2D eigenvalue weighted by molar-refractivity contribution is -0.131. The van der Waals surface area contributed by atoms with Gasteiger partial charge in [-0.15, -0.1) is 0 Å². The first kappa shape index (κ1) is 19.2. The maximum atomic E-state index is 13.6. The summed E-state index contributed by atoms with van der Waals surface area (Å²) in [4.78, 5) is 13.6. The van der Waals surface area contributed by atoms with Gasteiger partial charge in [-0.05, 0) is 67.2 Å². The molecule has 0 radical (unpaired) electrons. The molecule has 1 aliphatic carbocycles. The molecule has 3 heteroatoms. The number of amides is 1. The molecule has 3 nitrogen and oxygen atoms in total. The highest BCUT2D eigenvalue weighted by Crippen LogP contribution is 2.36. The first-order valence-corrected chi connectivity index (χ1v) is 10.8. The van der Waals surface area contributed by atoms with E-state index < -0.39 is 5.41 Å². The topological polar surface area (TPSA) is 38.3 Å². The number of nitrogens with one attached hydrogen (secondary N) is 1. The Kier molecular flexibility index (Phi) is 5.82. The molecule has 1 aliphatic heterocycles. The predicted molar refractivity (Wildman–Crippen MR) is 112 cm³/mol. The van der Waals surface area contributed by atoms with Crippen molar-refractivity contribution in [3.05, 3.63) is 70.8 Å². The van der Waals surface area contributed by atoms with E-state index in [1.807, 2.05) is 18.2 Å². The molecule has 2 aliphatic rings. The van der Waals surface area contributed by atoms with E-state index in [1.54, 1.807) is 0 Å². The zero-order valence-electron chi connectivity index (χ0n) is 16.9. The number of rotatable bonds is 5. The van der Waals surface area contributed by atoms with Crippen molar-refractivity contribution in [3.63, 3.8) is 0 Å². The van der Waals surface area contributed by atoms with Gasteiger partial charge < -0.3 is 10.1 Å². The molecule has 1 N–H and O–H groups in total. The highest BCUT2D eigenvalue weighted by molar-refractivity contribution is 5.88. The van der Waals surface area contributed by atoms with Crippen LogP contribution in [0, 0.1) is 0 Å². The molecular formula is C25H31NO2. The van der Waals surface area contributed by atoms with Crippen molar-refractivity contribution in [2.24, 2.45) is 0 Å². The summed E-state index contributed by atoms with van der Waals surface area (Å²) in [6.07, 6.45) is 7.30. The third-order valence-electron chi connectivity index (χ3n) is 6.60. The standard InChI is InChI=1S/C25H31NO2/c1-2-23(21-13-12-19-8-6-7-9-20(19)18-21)26-24(27)25(14-16-28-17-15-25)22-10-4-3-5-11-22/h3-5,10-13,18,23H,2,6-9,14-17H2,1H3,(H,26,27)/t23-/m0/s1. The summed E-state index contributed by atoms with van der Waals surface area (Å²) in [7, 11) is 0. The number of aryl methyl sites for hydroxylation is 2. The number of ether oxygens (including phenoxy) is 1. The number of carbonyl (C=O) groups is 1. The minimum Gasteiger partial charge on any atom is -0.381 e. The molecule has 2 aromatic rings. The summed E-state index contributed by atoms with van der Waals surface area (Å²) in [6.45, 7) is 3.43. The van der Waals surface area contributed by atoms with Gasteiger partial charge in [0.05, 0.1) is 11.5 Å². The monoisotopic (exact) mass is 377 g/mol. The third-order valence-corrected chi connectivity index (χ3v) is 6.60. The normalized spacial score (nSPS) is 19.5. The number of benzene rings is 2. The van der Waals surface area contributed by atoms with Gasteiger partial charge in [0.2, 0.25) is 5.91 Å². The minimum absolute atomic E-state index is 0.0585. The number of fused-ring (bicyclic) bond motifs is 1. The van der Waals surface area contributed by atoms with Gasteiger partial charge in [0.25, 0.3) is 0 Å². The predicted octanol–water partition coefficient (Wildman–Crippen LogP) is 4.88. The second-order valence-electron chi connectivity index (χ2n) is 8.23. The van der Waals surface area contributed by atoms with Crippen LogP contribution in [0.15, 0.2) is 48.5 Å². The number of carbonyl (C=O) groups excluding carboxylic acids is 1. The second kappa shape index (κ2) is 8.48. The summed E-state index contributed by atoms with van der Waals surface area (Å²) in [6, 6.07) is 17.1. The maximum Gasteiger partial charge on any atom is 0.231 e. The van der Waals surface area contributed by atoms with E-state index in [1.165, 1.54) is 42.4 Å². The van der Waals surface area contributed by atoms with E-state index in [2.05, 4.69) is 42.6 Å². The molecule has 0 spiro atoms. The zero-order chi connectivity index (χ0) is 19.4. The fourth-order valence-electron chi connectivity index (χ4n) is 4.81. The molecule has 28 heavy (non-hydrogen) atoms. The molecule has 0 saturated carbocycles. The Labute approximate surface area is 168 Å². The molecule has 1 saturated heterocycles. The van der Waals surface area contributed by atoms with Crippen LogP contribution in [0.1, 0.15) is 67.3 Å². The Hall–Kier alpha value is -2.13. The lowest BCUT2D eigenvalue weighted by Crippen LogP contribution is -2.49. The molecule has 1 amide bonds. The molecule has 4 rings (SSSR count). The molecule has 0 unspecified atom stereocenters. The highest BCUT2D eigenvalue weighted by Gasteiger charge is 2.42.